The predicted octanol–water partition coefficient (Wildman–Crippen LogP) is 2.06. The lowest BCUT2D eigenvalue weighted by molar-refractivity contribution is -0.117. The molecule has 1 unspecified atom stereocenters. The molecule has 1 heterocycles. The van der Waals surface area contributed by atoms with E-state index < -0.39 is 14.9 Å². The van der Waals surface area contributed by atoms with Crippen molar-refractivity contribution in [1.82, 2.24) is 0 Å². The zero-order valence-corrected chi connectivity index (χ0v) is 11.8. The topological polar surface area (TPSA) is 54.5 Å². The van der Waals surface area contributed by atoms with Crippen LogP contribution in [0.2, 0.25) is 0 Å². The number of anilines is 1. The van der Waals surface area contributed by atoms with Gasteiger partial charge in [0.05, 0.1) is 5.75 Å². The summed E-state index contributed by atoms with van der Waals surface area (Å²) in [6.07, 6.45) is 0.113. The van der Waals surface area contributed by atoms with E-state index in [2.05, 4.69) is 0 Å². The Morgan fingerprint density at radius 2 is 2.16 bits per heavy atom. The van der Waals surface area contributed by atoms with Gasteiger partial charge in [-0.25, -0.2) is 12.8 Å². The van der Waals surface area contributed by atoms with Crippen LogP contribution in [0.4, 0.5) is 10.1 Å². The minimum absolute atomic E-state index is 0.113. The first kappa shape index (κ1) is 14.3. The van der Waals surface area contributed by atoms with Crippen LogP contribution in [0.5, 0.6) is 0 Å². The van der Waals surface area contributed by atoms with E-state index in [-0.39, 0.29) is 30.5 Å². The lowest BCUT2D eigenvalue weighted by Gasteiger charge is -2.19. The highest BCUT2D eigenvalue weighted by atomic mass is 35.7. The lowest BCUT2D eigenvalue weighted by Crippen LogP contribution is -2.26. The van der Waals surface area contributed by atoms with Crippen LogP contribution in [0.25, 0.3) is 0 Å². The molecule has 0 bridgehead atoms. The summed E-state index contributed by atoms with van der Waals surface area (Å²) in [4.78, 5) is 13.3. The van der Waals surface area contributed by atoms with Crippen LogP contribution in [0.3, 0.4) is 0 Å². The minimum atomic E-state index is -3.64. The number of hydrogen-bond acceptors (Lipinski definition) is 3. The molecule has 4 nitrogen and oxygen atoms in total. The Kier molecular flexibility index (Phi) is 3.82. The molecule has 0 saturated carbocycles. The summed E-state index contributed by atoms with van der Waals surface area (Å²) >= 11 is 0. The van der Waals surface area contributed by atoms with Crippen LogP contribution in [0, 0.1) is 18.7 Å². The summed E-state index contributed by atoms with van der Waals surface area (Å²) < 4.78 is 35.5. The van der Waals surface area contributed by atoms with E-state index in [1.54, 1.807) is 13.0 Å². The Morgan fingerprint density at radius 1 is 1.47 bits per heavy atom. The third kappa shape index (κ3) is 3.25. The van der Waals surface area contributed by atoms with Crippen LogP contribution in [0.15, 0.2) is 18.2 Å². The zero-order valence-electron chi connectivity index (χ0n) is 10.3. The number of halogens is 2. The summed E-state index contributed by atoms with van der Waals surface area (Å²) in [7, 11) is 1.56. The second-order valence-corrected chi connectivity index (χ2v) is 7.49. The van der Waals surface area contributed by atoms with E-state index in [0.717, 1.165) is 0 Å². The van der Waals surface area contributed by atoms with Gasteiger partial charge in [-0.2, -0.15) is 0 Å². The van der Waals surface area contributed by atoms with Crippen molar-refractivity contribution < 1.29 is 17.6 Å². The Balaban J connectivity index is 2.23. The van der Waals surface area contributed by atoms with E-state index in [1.165, 1.54) is 17.0 Å². The molecule has 1 aromatic carbocycles. The van der Waals surface area contributed by atoms with Crippen LogP contribution < -0.4 is 4.90 Å². The van der Waals surface area contributed by atoms with Gasteiger partial charge in [-0.15, -0.1) is 0 Å². The van der Waals surface area contributed by atoms with Gasteiger partial charge in [-0.1, -0.05) is 6.07 Å². The quantitative estimate of drug-likeness (QED) is 0.803. The van der Waals surface area contributed by atoms with Crippen LogP contribution in [-0.4, -0.2) is 26.6 Å². The molecule has 2 rings (SSSR count). The maximum atomic E-state index is 13.5. The van der Waals surface area contributed by atoms with E-state index in [4.69, 9.17) is 10.7 Å². The zero-order chi connectivity index (χ0) is 14.2. The standard InChI is InChI=1S/C12H13ClFNO3S/c1-8-10(14)3-2-4-11(8)15-6-9(5-12(15)16)7-19(13,17)18/h2-4,9H,5-7H2,1H3. The summed E-state index contributed by atoms with van der Waals surface area (Å²) in [6.45, 7) is 1.83. The fourth-order valence-corrected chi connectivity index (χ4v) is 3.62. The minimum Gasteiger partial charge on any atom is -0.312 e. The third-order valence-corrected chi connectivity index (χ3v) is 4.42. The smallest absolute Gasteiger partial charge is 0.232 e. The first-order chi connectivity index (χ1) is 8.78. The van der Waals surface area contributed by atoms with Gasteiger partial charge in [-0.3, -0.25) is 4.79 Å². The summed E-state index contributed by atoms with van der Waals surface area (Å²) in [6, 6.07) is 4.49. The van der Waals surface area contributed by atoms with Crippen LogP contribution in [0.1, 0.15) is 12.0 Å². The largest absolute Gasteiger partial charge is 0.312 e. The molecule has 1 fully saturated rings. The summed E-state index contributed by atoms with van der Waals surface area (Å²) in [5.74, 6) is -1.19. The van der Waals surface area contributed by atoms with Crippen molar-refractivity contribution in [3.63, 3.8) is 0 Å². The van der Waals surface area contributed by atoms with Gasteiger partial charge in [0, 0.05) is 40.8 Å². The van der Waals surface area contributed by atoms with Crippen molar-refractivity contribution in [2.45, 2.75) is 13.3 Å². The molecular formula is C12H13ClFNO3S. The van der Waals surface area contributed by atoms with Crippen molar-refractivity contribution in [1.29, 1.82) is 0 Å². The molecule has 1 aliphatic heterocycles. The van der Waals surface area contributed by atoms with Gasteiger partial charge < -0.3 is 4.90 Å². The Hall–Kier alpha value is -1.14. The van der Waals surface area contributed by atoms with E-state index >= 15 is 0 Å². The molecular weight excluding hydrogens is 293 g/mol. The average Bonchev–Trinajstić information content (AvgIpc) is 2.61. The normalized spacial score (nSPS) is 20.1. The fraction of sp³-hybridized carbons (Fsp3) is 0.417. The van der Waals surface area contributed by atoms with Gasteiger partial charge in [0.2, 0.25) is 15.0 Å². The van der Waals surface area contributed by atoms with Crippen molar-refractivity contribution in [2.24, 2.45) is 5.92 Å². The molecule has 7 heteroatoms. The molecule has 1 aromatic rings. The maximum Gasteiger partial charge on any atom is 0.232 e. The first-order valence-electron chi connectivity index (χ1n) is 5.76. The Morgan fingerprint density at radius 3 is 2.79 bits per heavy atom. The number of carbonyl (C=O) groups is 1. The van der Waals surface area contributed by atoms with E-state index in [0.29, 0.717) is 11.3 Å². The molecule has 0 radical (unpaired) electrons. The number of benzene rings is 1. The number of amides is 1. The molecule has 0 spiro atoms. The Bertz CT molecular complexity index is 617. The molecule has 1 atom stereocenters. The highest BCUT2D eigenvalue weighted by molar-refractivity contribution is 8.13. The number of carbonyl (C=O) groups excluding carboxylic acids is 1. The second-order valence-electron chi connectivity index (χ2n) is 4.66. The maximum absolute atomic E-state index is 13.5. The van der Waals surface area contributed by atoms with E-state index in [9.17, 15) is 17.6 Å². The molecule has 1 amide bonds. The number of nitrogens with zero attached hydrogens (tertiary/aromatic N) is 1. The summed E-state index contributed by atoms with van der Waals surface area (Å²) in [5.41, 5.74) is 0.865. The van der Waals surface area contributed by atoms with E-state index in [1.807, 2.05) is 0 Å². The van der Waals surface area contributed by atoms with Gasteiger partial charge in [0.15, 0.2) is 0 Å². The number of hydrogen-bond donors (Lipinski definition) is 0. The number of rotatable bonds is 3. The lowest BCUT2D eigenvalue weighted by atomic mass is 10.1. The summed E-state index contributed by atoms with van der Waals surface area (Å²) in [5, 5.41) is 0. The first-order valence-corrected chi connectivity index (χ1v) is 8.23. The average molecular weight is 306 g/mol. The van der Waals surface area contributed by atoms with Gasteiger partial charge in [-0.05, 0) is 19.1 Å². The molecule has 1 aliphatic rings. The monoisotopic (exact) mass is 305 g/mol. The van der Waals surface area contributed by atoms with Gasteiger partial charge in [0.1, 0.15) is 5.82 Å². The molecule has 0 aliphatic carbocycles. The van der Waals surface area contributed by atoms with Crippen LogP contribution >= 0.6 is 10.7 Å². The van der Waals surface area contributed by atoms with Crippen molar-refractivity contribution in [3.8, 4) is 0 Å². The van der Waals surface area contributed by atoms with Gasteiger partial charge >= 0.3 is 0 Å². The van der Waals surface area contributed by atoms with Crippen molar-refractivity contribution in [3.05, 3.63) is 29.6 Å². The van der Waals surface area contributed by atoms with Crippen LogP contribution in [-0.2, 0) is 13.8 Å². The third-order valence-electron chi connectivity index (χ3n) is 3.17. The SMILES string of the molecule is Cc1c(F)cccc1N1CC(CS(=O)(=O)Cl)CC1=O. The highest BCUT2D eigenvalue weighted by Gasteiger charge is 2.33. The fourth-order valence-electron chi connectivity index (χ4n) is 2.30. The molecule has 0 N–H and O–H groups in total. The Labute approximate surface area is 115 Å². The molecule has 0 aromatic heterocycles. The highest BCUT2D eigenvalue weighted by Crippen LogP contribution is 2.29. The molecule has 104 valence electrons. The second kappa shape index (κ2) is 5.09. The van der Waals surface area contributed by atoms with Gasteiger partial charge in [0.25, 0.3) is 0 Å². The predicted molar refractivity (Wildman–Crippen MR) is 71.2 cm³/mol. The molecule has 19 heavy (non-hydrogen) atoms. The molecule has 1 saturated heterocycles. The van der Waals surface area contributed by atoms with Crippen molar-refractivity contribution in [2.75, 3.05) is 17.2 Å². The van der Waals surface area contributed by atoms with Crippen molar-refractivity contribution >= 4 is 31.3 Å².